The van der Waals surface area contributed by atoms with Crippen LogP contribution in [0.5, 0.6) is 11.5 Å². The maximum absolute atomic E-state index is 9.81. The molecule has 124 valence electrons. The highest BCUT2D eigenvalue weighted by atomic mass is 35.5. The quantitative estimate of drug-likeness (QED) is 0.473. The van der Waals surface area contributed by atoms with Crippen molar-refractivity contribution in [2.24, 2.45) is 0 Å². The molecule has 0 heterocycles. The smallest absolute Gasteiger partial charge is 0.157 e. The van der Waals surface area contributed by atoms with Crippen LogP contribution in [0.15, 0.2) is 24.3 Å². The molecular weight excluding hydrogens is 335 g/mol. The second-order valence-electron chi connectivity index (χ2n) is 5.58. The van der Waals surface area contributed by atoms with E-state index in [9.17, 15) is 10.2 Å². The molecule has 0 aliphatic rings. The molecule has 4 nitrogen and oxygen atoms in total. The van der Waals surface area contributed by atoms with Gasteiger partial charge in [-0.25, -0.2) is 0 Å². The summed E-state index contributed by atoms with van der Waals surface area (Å²) < 4.78 is 0. The van der Waals surface area contributed by atoms with Crippen LogP contribution >= 0.6 is 23.2 Å². The first-order valence-corrected chi connectivity index (χ1v) is 8.09. The lowest BCUT2D eigenvalue weighted by Gasteiger charge is -2.34. The summed E-state index contributed by atoms with van der Waals surface area (Å²) in [6.07, 6.45) is 1.48. The van der Waals surface area contributed by atoms with Crippen molar-refractivity contribution in [3.8, 4) is 11.5 Å². The van der Waals surface area contributed by atoms with E-state index >= 15 is 0 Å². The van der Waals surface area contributed by atoms with E-state index in [2.05, 4.69) is 0 Å². The normalized spacial score (nSPS) is 11.7. The molecule has 6 heteroatoms. The Balaban J connectivity index is 2.74. The minimum absolute atomic E-state index is 0.125. The molecule has 0 saturated carbocycles. The number of aromatic hydroxyl groups is 2. The number of anilines is 2. The van der Waals surface area contributed by atoms with Gasteiger partial charge in [-0.15, -0.1) is 0 Å². The number of phenolic OH excluding ortho intramolecular Hbond substituents is 2. The standard InChI is InChI=1S/C17H20Cl2N2O2/c1-3-17(4-2,9-5-11(18)15(22)13(20)7-9)10-6-12(19)16(23)14(21)8-10/h5-8,22-23H,3-4,20-21H2,1-2H3. The summed E-state index contributed by atoms with van der Waals surface area (Å²) in [6, 6.07) is 6.84. The molecule has 2 aromatic carbocycles. The topological polar surface area (TPSA) is 92.5 Å². The van der Waals surface area contributed by atoms with Gasteiger partial charge in [-0.2, -0.15) is 0 Å². The summed E-state index contributed by atoms with van der Waals surface area (Å²) in [6.45, 7) is 4.08. The van der Waals surface area contributed by atoms with E-state index < -0.39 is 5.41 Å². The van der Waals surface area contributed by atoms with Gasteiger partial charge >= 0.3 is 0 Å². The van der Waals surface area contributed by atoms with Crippen molar-refractivity contribution in [3.05, 3.63) is 45.4 Å². The van der Waals surface area contributed by atoms with Crippen molar-refractivity contribution in [2.45, 2.75) is 32.1 Å². The Morgan fingerprint density at radius 1 is 0.826 bits per heavy atom. The van der Waals surface area contributed by atoms with Crippen LogP contribution in [0.2, 0.25) is 10.0 Å². The number of halogens is 2. The summed E-state index contributed by atoms with van der Waals surface area (Å²) in [4.78, 5) is 0. The molecule has 0 amide bonds. The number of hydrogen-bond acceptors (Lipinski definition) is 4. The molecule has 0 atom stereocenters. The summed E-state index contributed by atoms with van der Waals surface area (Å²) >= 11 is 12.2. The van der Waals surface area contributed by atoms with Gasteiger partial charge in [-0.05, 0) is 48.2 Å². The number of benzene rings is 2. The van der Waals surface area contributed by atoms with Crippen molar-refractivity contribution in [2.75, 3.05) is 11.5 Å². The third kappa shape index (κ3) is 2.89. The van der Waals surface area contributed by atoms with Gasteiger partial charge in [-0.1, -0.05) is 37.0 Å². The molecule has 0 bridgehead atoms. The molecule has 0 aromatic heterocycles. The molecule has 6 N–H and O–H groups in total. The van der Waals surface area contributed by atoms with Crippen LogP contribution < -0.4 is 11.5 Å². The van der Waals surface area contributed by atoms with Gasteiger partial charge < -0.3 is 21.7 Å². The van der Waals surface area contributed by atoms with Crippen LogP contribution in [0, 0.1) is 0 Å². The van der Waals surface area contributed by atoms with Gasteiger partial charge in [0, 0.05) is 5.41 Å². The Labute approximate surface area is 145 Å². The fourth-order valence-corrected chi connectivity index (χ4v) is 3.48. The lowest BCUT2D eigenvalue weighted by atomic mass is 9.70. The molecule has 0 saturated heterocycles. The Morgan fingerprint density at radius 2 is 1.17 bits per heavy atom. The van der Waals surface area contributed by atoms with Crippen molar-refractivity contribution in [1.82, 2.24) is 0 Å². The highest BCUT2D eigenvalue weighted by Gasteiger charge is 2.33. The zero-order chi connectivity index (χ0) is 17.4. The SMILES string of the molecule is CCC(CC)(c1cc(N)c(O)c(Cl)c1)c1cc(N)c(O)c(Cl)c1. The minimum atomic E-state index is -0.434. The van der Waals surface area contributed by atoms with E-state index in [-0.39, 0.29) is 32.9 Å². The van der Waals surface area contributed by atoms with E-state index in [4.69, 9.17) is 34.7 Å². The van der Waals surface area contributed by atoms with Crippen LogP contribution in [-0.2, 0) is 5.41 Å². The molecule has 0 unspecified atom stereocenters. The van der Waals surface area contributed by atoms with Gasteiger partial charge in [0.2, 0.25) is 0 Å². The summed E-state index contributed by atoms with van der Waals surface area (Å²) in [5, 5.41) is 20.0. The number of hydrogen-bond donors (Lipinski definition) is 4. The van der Waals surface area contributed by atoms with Crippen LogP contribution in [0.1, 0.15) is 37.8 Å². The van der Waals surface area contributed by atoms with Crippen molar-refractivity contribution in [3.63, 3.8) is 0 Å². The lowest BCUT2D eigenvalue weighted by Crippen LogP contribution is -2.26. The lowest BCUT2D eigenvalue weighted by molar-refractivity contribution is 0.463. The third-order valence-corrected chi connectivity index (χ3v) is 5.07. The summed E-state index contributed by atoms with van der Waals surface area (Å²) in [7, 11) is 0. The summed E-state index contributed by atoms with van der Waals surface area (Å²) in [5.74, 6) is -0.250. The number of nitrogens with two attached hydrogens (primary N) is 2. The van der Waals surface area contributed by atoms with Crippen molar-refractivity contribution < 1.29 is 10.2 Å². The number of rotatable bonds is 4. The third-order valence-electron chi connectivity index (χ3n) is 4.50. The maximum atomic E-state index is 9.81. The Morgan fingerprint density at radius 3 is 1.43 bits per heavy atom. The Hall–Kier alpha value is -1.78. The fourth-order valence-electron chi connectivity index (χ4n) is 3.03. The van der Waals surface area contributed by atoms with Gasteiger partial charge in [0.25, 0.3) is 0 Å². The Kier molecular flexibility index (Phi) is 4.87. The summed E-state index contributed by atoms with van der Waals surface area (Å²) in [5.41, 5.74) is 13.5. The maximum Gasteiger partial charge on any atom is 0.157 e. The van der Waals surface area contributed by atoms with Crippen LogP contribution in [-0.4, -0.2) is 10.2 Å². The van der Waals surface area contributed by atoms with Crippen LogP contribution in [0.3, 0.4) is 0 Å². The molecule has 0 radical (unpaired) electrons. The van der Waals surface area contributed by atoms with Gasteiger partial charge in [0.1, 0.15) is 0 Å². The molecule has 2 aromatic rings. The first-order chi connectivity index (χ1) is 10.8. The molecule has 0 fully saturated rings. The van der Waals surface area contributed by atoms with Crippen molar-refractivity contribution >= 4 is 34.6 Å². The second-order valence-corrected chi connectivity index (χ2v) is 6.40. The van der Waals surface area contributed by atoms with E-state index in [0.29, 0.717) is 0 Å². The molecule has 23 heavy (non-hydrogen) atoms. The second kappa shape index (κ2) is 6.38. The molecule has 0 aliphatic heterocycles. The Bertz CT molecular complexity index is 638. The average molecular weight is 355 g/mol. The fraction of sp³-hybridized carbons (Fsp3) is 0.294. The predicted octanol–water partition coefficient (Wildman–Crippen LogP) is 4.68. The molecular formula is C17H20Cl2N2O2. The first-order valence-electron chi connectivity index (χ1n) is 7.33. The van der Waals surface area contributed by atoms with E-state index in [0.717, 1.165) is 24.0 Å². The zero-order valence-corrected chi connectivity index (χ0v) is 14.5. The molecule has 0 spiro atoms. The molecule has 0 aliphatic carbocycles. The zero-order valence-electron chi connectivity index (χ0n) is 13.0. The van der Waals surface area contributed by atoms with E-state index in [1.54, 1.807) is 24.3 Å². The monoisotopic (exact) mass is 354 g/mol. The number of nitrogen functional groups attached to an aromatic ring is 2. The van der Waals surface area contributed by atoms with Gasteiger partial charge in [-0.3, -0.25) is 0 Å². The average Bonchev–Trinajstić information content (AvgIpc) is 2.51. The van der Waals surface area contributed by atoms with Crippen LogP contribution in [0.4, 0.5) is 11.4 Å². The molecule has 2 rings (SSSR count). The van der Waals surface area contributed by atoms with Gasteiger partial charge in [0.05, 0.1) is 21.4 Å². The highest BCUT2D eigenvalue weighted by molar-refractivity contribution is 6.33. The predicted molar refractivity (Wildman–Crippen MR) is 96.4 cm³/mol. The first kappa shape index (κ1) is 17.6. The van der Waals surface area contributed by atoms with Gasteiger partial charge in [0.15, 0.2) is 11.5 Å². The largest absolute Gasteiger partial charge is 0.504 e. The minimum Gasteiger partial charge on any atom is -0.504 e. The highest BCUT2D eigenvalue weighted by Crippen LogP contribution is 2.45. The number of phenols is 2. The van der Waals surface area contributed by atoms with E-state index in [1.165, 1.54) is 0 Å². The van der Waals surface area contributed by atoms with Crippen LogP contribution in [0.25, 0.3) is 0 Å². The van der Waals surface area contributed by atoms with Crippen molar-refractivity contribution in [1.29, 1.82) is 0 Å². The van der Waals surface area contributed by atoms with E-state index in [1.807, 2.05) is 13.8 Å².